The largest absolute Gasteiger partial charge is 0.327 e. The molecular weight excluding hydrogens is 180 g/mol. The van der Waals surface area contributed by atoms with Crippen molar-refractivity contribution >= 4 is 11.9 Å². The third-order valence-electron chi connectivity index (χ3n) is 2.79. The molecule has 0 radical (unpaired) electrons. The van der Waals surface area contributed by atoms with Crippen LogP contribution in [-0.4, -0.2) is 40.4 Å². The van der Waals surface area contributed by atoms with E-state index in [-0.39, 0.29) is 18.0 Å². The molecule has 1 saturated heterocycles. The van der Waals surface area contributed by atoms with Crippen molar-refractivity contribution in [3.05, 3.63) is 0 Å². The van der Waals surface area contributed by atoms with E-state index >= 15 is 0 Å². The molecule has 3 amide bonds. The Labute approximate surface area is 83.9 Å². The average Bonchev–Trinajstić information content (AvgIpc) is 2.86. The van der Waals surface area contributed by atoms with E-state index in [1.54, 1.807) is 0 Å². The molecule has 0 aromatic heterocycles. The first kappa shape index (κ1) is 9.49. The molecule has 0 spiro atoms. The standard InChI is InChI=1S/C10H16N2O2/c1-7(2)12-9(13)5-6-11(10(12)14)8-3-4-8/h7-8H,3-6H2,1-2H3. The fraction of sp³-hybridized carbons (Fsp3) is 0.800. The summed E-state index contributed by atoms with van der Waals surface area (Å²) in [5.41, 5.74) is 0. The Kier molecular flexibility index (Phi) is 2.21. The van der Waals surface area contributed by atoms with Gasteiger partial charge in [0.15, 0.2) is 0 Å². The second-order valence-electron chi connectivity index (χ2n) is 4.31. The lowest BCUT2D eigenvalue weighted by molar-refractivity contribution is -0.132. The van der Waals surface area contributed by atoms with Crippen molar-refractivity contribution in [2.24, 2.45) is 0 Å². The number of nitrogens with zero attached hydrogens (tertiary/aromatic N) is 2. The maximum atomic E-state index is 11.9. The molecule has 1 saturated carbocycles. The van der Waals surface area contributed by atoms with Gasteiger partial charge in [0, 0.05) is 25.0 Å². The first-order valence-corrected chi connectivity index (χ1v) is 5.24. The number of rotatable bonds is 2. The highest BCUT2D eigenvalue weighted by atomic mass is 16.2. The van der Waals surface area contributed by atoms with Crippen molar-refractivity contribution in [2.45, 2.75) is 45.2 Å². The summed E-state index contributed by atoms with van der Waals surface area (Å²) in [4.78, 5) is 26.6. The van der Waals surface area contributed by atoms with Crippen LogP contribution in [0, 0.1) is 0 Å². The molecule has 4 heteroatoms. The lowest BCUT2D eigenvalue weighted by Gasteiger charge is -2.36. The number of hydrogen-bond acceptors (Lipinski definition) is 2. The third kappa shape index (κ3) is 1.49. The van der Waals surface area contributed by atoms with E-state index < -0.39 is 0 Å². The summed E-state index contributed by atoms with van der Waals surface area (Å²) in [6, 6.07) is 0.312. The van der Waals surface area contributed by atoms with Gasteiger partial charge in [-0.3, -0.25) is 9.69 Å². The molecular formula is C10H16N2O2. The molecule has 0 aromatic rings. The zero-order chi connectivity index (χ0) is 10.3. The van der Waals surface area contributed by atoms with E-state index in [0.29, 0.717) is 19.0 Å². The minimum atomic E-state index is -0.0845. The molecule has 1 aliphatic carbocycles. The molecule has 0 N–H and O–H groups in total. The Hall–Kier alpha value is -1.06. The molecule has 78 valence electrons. The van der Waals surface area contributed by atoms with Gasteiger partial charge in [-0.05, 0) is 26.7 Å². The smallest absolute Gasteiger partial charge is 0.321 e. The highest BCUT2D eigenvalue weighted by molar-refractivity contribution is 5.97. The SMILES string of the molecule is CC(C)N1C(=O)CCN(C2CC2)C1=O. The van der Waals surface area contributed by atoms with Gasteiger partial charge >= 0.3 is 6.03 Å². The lowest BCUT2D eigenvalue weighted by atomic mass is 10.2. The normalized spacial score (nSPS) is 23.6. The summed E-state index contributed by atoms with van der Waals surface area (Å²) in [7, 11) is 0. The van der Waals surface area contributed by atoms with E-state index in [4.69, 9.17) is 0 Å². The monoisotopic (exact) mass is 196 g/mol. The molecule has 2 rings (SSSR count). The molecule has 0 bridgehead atoms. The maximum Gasteiger partial charge on any atom is 0.327 e. The predicted octanol–water partition coefficient (Wildman–Crippen LogP) is 1.21. The molecule has 1 aliphatic heterocycles. The minimum absolute atomic E-state index is 0.0171. The van der Waals surface area contributed by atoms with E-state index in [2.05, 4.69) is 0 Å². The summed E-state index contributed by atoms with van der Waals surface area (Å²) in [5, 5.41) is 0. The van der Waals surface area contributed by atoms with E-state index in [1.807, 2.05) is 18.7 Å². The van der Waals surface area contributed by atoms with Crippen molar-refractivity contribution < 1.29 is 9.59 Å². The van der Waals surface area contributed by atoms with Crippen molar-refractivity contribution in [1.29, 1.82) is 0 Å². The molecule has 0 unspecified atom stereocenters. The highest BCUT2D eigenvalue weighted by Gasteiger charge is 2.40. The number of urea groups is 1. The molecule has 14 heavy (non-hydrogen) atoms. The van der Waals surface area contributed by atoms with Gasteiger partial charge < -0.3 is 4.90 Å². The van der Waals surface area contributed by atoms with Crippen molar-refractivity contribution in [2.75, 3.05) is 6.54 Å². The van der Waals surface area contributed by atoms with Crippen LogP contribution >= 0.6 is 0 Å². The zero-order valence-electron chi connectivity index (χ0n) is 8.69. The Bertz CT molecular complexity index is 271. The van der Waals surface area contributed by atoms with Gasteiger partial charge in [-0.25, -0.2) is 4.79 Å². The molecule has 0 aromatic carbocycles. The quantitative estimate of drug-likeness (QED) is 0.666. The van der Waals surface area contributed by atoms with Crippen LogP contribution in [0.2, 0.25) is 0 Å². The van der Waals surface area contributed by atoms with Gasteiger partial charge in [-0.1, -0.05) is 0 Å². The van der Waals surface area contributed by atoms with Gasteiger partial charge in [0.1, 0.15) is 0 Å². The van der Waals surface area contributed by atoms with Crippen LogP contribution in [0.15, 0.2) is 0 Å². The van der Waals surface area contributed by atoms with Crippen molar-refractivity contribution in [3.8, 4) is 0 Å². The van der Waals surface area contributed by atoms with Crippen LogP contribution in [0.1, 0.15) is 33.1 Å². The number of carbonyl (C=O) groups is 2. The summed E-state index contributed by atoms with van der Waals surface area (Å²) in [6.07, 6.45) is 2.69. The molecule has 0 atom stereocenters. The van der Waals surface area contributed by atoms with Crippen LogP contribution in [-0.2, 0) is 4.79 Å². The number of carbonyl (C=O) groups excluding carboxylic acids is 2. The number of imide groups is 1. The third-order valence-corrected chi connectivity index (χ3v) is 2.79. The molecule has 2 fully saturated rings. The van der Waals surface area contributed by atoms with Crippen molar-refractivity contribution in [1.82, 2.24) is 9.80 Å². The van der Waals surface area contributed by atoms with Crippen LogP contribution in [0.4, 0.5) is 4.79 Å². The molecule has 1 heterocycles. The molecule has 4 nitrogen and oxygen atoms in total. The minimum Gasteiger partial charge on any atom is -0.321 e. The fourth-order valence-corrected chi connectivity index (χ4v) is 1.91. The Morgan fingerprint density at radius 1 is 1.29 bits per heavy atom. The highest BCUT2D eigenvalue weighted by Crippen LogP contribution is 2.30. The summed E-state index contributed by atoms with van der Waals surface area (Å²) in [5.74, 6) is -0.0260. The predicted molar refractivity (Wildman–Crippen MR) is 51.7 cm³/mol. The summed E-state index contributed by atoms with van der Waals surface area (Å²) < 4.78 is 0. The van der Waals surface area contributed by atoms with Crippen LogP contribution in [0.3, 0.4) is 0 Å². The zero-order valence-corrected chi connectivity index (χ0v) is 8.69. The van der Waals surface area contributed by atoms with Crippen LogP contribution in [0.25, 0.3) is 0 Å². The van der Waals surface area contributed by atoms with Gasteiger partial charge in [0.05, 0.1) is 0 Å². The first-order valence-electron chi connectivity index (χ1n) is 5.24. The first-order chi connectivity index (χ1) is 6.61. The molecule has 2 aliphatic rings. The van der Waals surface area contributed by atoms with E-state index in [1.165, 1.54) is 4.90 Å². The lowest BCUT2D eigenvalue weighted by Crippen LogP contribution is -2.55. The van der Waals surface area contributed by atoms with Crippen LogP contribution in [0.5, 0.6) is 0 Å². The summed E-state index contributed by atoms with van der Waals surface area (Å²) >= 11 is 0. The van der Waals surface area contributed by atoms with Gasteiger partial charge in [0.2, 0.25) is 5.91 Å². The Balaban J connectivity index is 2.12. The maximum absolute atomic E-state index is 11.9. The average molecular weight is 196 g/mol. The summed E-state index contributed by atoms with van der Waals surface area (Å²) in [6.45, 7) is 4.38. The van der Waals surface area contributed by atoms with E-state index in [9.17, 15) is 9.59 Å². The van der Waals surface area contributed by atoms with Crippen molar-refractivity contribution in [3.63, 3.8) is 0 Å². The number of hydrogen-bond donors (Lipinski definition) is 0. The Morgan fingerprint density at radius 2 is 1.93 bits per heavy atom. The van der Waals surface area contributed by atoms with Crippen LogP contribution < -0.4 is 0 Å². The number of amides is 3. The van der Waals surface area contributed by atoms with Gasteiger partial charge in [-0.15, -0.1) is 0 Å². The van der Waals surface area contributed by atoms with Gasteiger partial charge in [0.25, 0.3) is 0 Å². The second-order valence-corrected chi connectivity index (χ2v) is 4.31. The topological polar surface area (TPSA) is 40.6 Å². The Morgan fingerprint density at radius 3 is 2.43 bits per heavy atom. The second kappa shape index (κ2) is 3.26. The van der Waals surface area contributed by atoms with Gasteiger partial charge in [-0.2, -0.15) is 0 Å². The fourth-order valence-electron chi connectivity index (χ4n) is 1.91. The van der Waals surface area contributed by atoms with E-state index in [0.717, 1.165) is 12.8 Å².